The van der Waals surface area contributed by atoms with Crippen LogP contribution in [0.25, 0.3) is 0 Å². The number of aromatic nitrogens is 2. The molecule has 0 aliphatic rings. The molecule has 98 valence electrons. The van der Waals surface area contributed by atoms with Crippen molar-refractivity contribution in [3.63, 3.8) is 0 Å². The first kappa shape index (κ1) is 12.9. The van der Waals surface area contributed by atoms with E-state index in [2.05, 4.69) is 30.3 Å². The molecule has 2 unspecified atom stereocenters. The molecule has 2 aromatic heterocycles. The summed E-state index contributed by atoms with van der Waals surface area (Å²) < 4.78 is 7.53. The summed E-state index contributed by atoms with van der Waals surface area (Å²) in [6, 6.07) is 4.22. The topological polar surface area (TPSA) is 57.0 Å². The minimum Gasteiger partial charge on any atom is -0.469 e. The summed E-state index contributed by atoms with van der Waals surface area (Å²) in [4.78, 5) is 4.23. The fourth-order valence-corrected chi connectivity index (χ4v) is 2.10. The lowest BCUT2D eigenvalue weighted by Gasteiger charge is -2.21. The van der Waals surface area contributed by atoms with E-state index in [-0.39, 0.29) is 6.04 Å². The zero-order valence-electron chi connectivity index (χ0n) is 11.2. The highest BCUT2D eigenvalue weighted by Crippen LogP contribution is 2.23. The van der Waals surface area contributed by atoms with Gasteiger partial charge < -0.3 is 14.7 Å². The molecule has 0 saturated carbocycles. The van der Waals surface area contributed by atoms with Gasteiger partial charge >= 0.3 is 0 Å². The van der Waals surface area contributed by atoms with Crippen LogP contribution in [-0.4, -0.2) is 9.55 Å². The zero-order chi connectivity index (χ0) is 13.1. The Hall–Kier alpha value is -1.55. The normalized spacial score (nSPS) is 14.9. The second kappa shape index (κ2) is 5.40. The Morgan fingerprint density at radius 2 is 2.17 bits per heavy atom. The average Bonchev–Trinajstić information content (AvgIpc) is 2.97. The Bertz CT molecular complexity index is 473. The molecule has 18 heavy (non-hydrogen) atoms. The molecule has 0 fully saturated rings. The number of hydrogen-bond acceptors (Lipinski definition) is 3. The molecule has 2 atom stereocenters. The largest absolute Gasteiger partial charge is 0.469 e. The van der Waals surface area contributed by atoms with E-state index >= 15 is 0 Å². The zero-order valence-corrected chi connectivity index (χ0v) is 11.2. The van der Waals surface area contributed by atoms with Crippen LogP contribution >= 0.6 is 0 Å². The van der Waals surface area contributed by atoms with Gasteiger partial charge in [0.25, 0.3) is 0 Å². The number of furan rings is 1. The SMILES string of the molecule is CC(C)C(N)c1cncn1C(C)Cc1ccco1. The van der Waals surface area contributed by atoms with Gasteiger partial charge in [-0.15, -0.1) is 0 Å². The lowest BCUT2D eigenvalue weighted by molar-refractivity contribution is 0.417. The van der Waals surface area contributed by atoms with Crippen molar-refractivity contribution in [1.29, 1.82) is 0 Å². The van der Waals surface area contributed by atoms with Gasteiger partial charge in [0.15, 0.2) is 0 Å². The molecule has 4 nitrogen and oxygen atoms in total. The smallest absolute Gasteiger partial charge is 0.105 e. The Balaban J connectivity index is 2.15. The molecule has 0 aliphatic carbocycles. The molecule has 2 N–H and O–H groups in total. The van der Waals surface area contributed by atoms with E-state index in [0.717, 1.165) is 17.9 Å². The first-order valence-corrected chi connectivity index (χ1v) is 6.39. The minimum absolute atomic E-state index is 0.0200. The quantitative estimate of drug-likeness (QED) is 0.883. The lowest BCUT2D eigenvalue weighted by Crippen LogP contribution is -2.22. The molecule has 4 heteroatoms. The summed E-state index contributed by atoms with van der Waals surface area (Å²) in [6.07, 6.45) is 6.27. The van der Waals surface area contributed by atoms with Gasteiger partial charge in [-0.05, 0) is 25.0 Å². The third kappa shape index (κ3) is 2.64. The monoisotopic (exact) mass is 247 g/mol. The number of hydrogen-bond donors (Lipinski definition) is 1. The fourth-order valence-electron chi connectivity index (χ4n) is 2.10. The van der Waals surface area contributed by atoms with Crippen molar-refractivity contribution in [1.82, 2.24) is 9.55 Å². The van der Waals surface area contributed by atoms with Crippen LogP contribution in [0.1, 0.15) is 44.3 Å². The first-order chi connectivity index (χ1) is 8.59. The van der Waals surface area contributed by atoms with Gasteiger partial charge in [-0.25, -0.2) is 4.98 Å². The van der Waals surface area contributed by atoms with Gasteiger partial charge in [-0.3, -0.25) is 0 Å². The summed E-state index contributed by atoms with van der Waals surface area (Å²) in [5, 5.41) is 0. The van der Waals surface area contributed by atoms with Gasteiger partial charge in [-0.2, -0.15) is 0 Å². The van der Waals surface area contributed by atoms with Gasteiger partial charge in [0.2, 0.25) is 0 Å². The van der Waals surface area contributed by atoms with Gasteiger partial charge in [-0.1, -0.05) is 13.8 Å². The van der Waals surface area contributed by atoms with Gasteiger partial charge in [0.05, 0.1) is 18.3 Å². The van der Waals surface area contributed by atoms with E-state index in [1.807, 2.05) is 24.7 Å². The summed E-state index contributed by atoms with van der Waals surface area (Å²) in [5.74, 6) is 1.39. The number of imidazole rings is 1. The van der Waals surface area contributed by atoms with Crippen molar-refractivity contribution in [3.05, 3.63) is 42.4 Å². The van der Waals surface area contributed by atoms with Crippen LogP contribution in [0.2, 0.25) is 0 Å². The second-order valence-electron chi connectivity index (χ2n) is 5.13. The molecule has 0 spiro atoms. The predicted molar refractivity (Wildman–Crippen MR) is 71.1 cm³/mol. The fraction of sp³-hybridized carbons (Fsp3) is 0.500. The standard InChI is InChI=1S/C14H21N3O/c1-10(2)14(15)13-8-16-9-17(13)11(3)7-12-5-4-6-18-12/h4-6,8-11,14H,7,15H2,1-3H3. The van der Waals surface area contributed by atoms with Crippen molar-refractivity contribution >= 4 is 0 Å². The van der Waals surface area contributed by atoms with Crippen molar-refractivity contribution in [2.24, 2.45) is 11.7 Å². The third-order valence-corrected chi connectivity index (χ3v) is 3.31. The summed E-state index contributed by atoms with van der Waals surface area (Å²) in [6.45, 7) is 6.40. The minimum atomic E-state index is 0.0200. The molecule has 0 radical (unpaired) electrons. The van der Waals surface area contributed by atoms with Crippen molar-refractivity contribution in [2.45, 2.75) is 39.3 Å². The predicted octanol–water partition coefficient (Wildman–Crippen LogP) is 2.94. The van der Waals surface area contributed by atoms with Crippen LogP contribution in [0, 0.1) is 5.92 Å². The van der Waals surface area contributed by atoms with E-state index in [1.54, 1.807) is 6.26 Å². The first-order valence-electron chi connectivity index (χ1n) is 6.39. The van der Waals surface area contributed by atoms with Crippen LogP contribution in [-0.2, 0) is 6.42 Å². The van der Waals surface area contributed by atoms with Crippen LogP contribution in [0.5, 0.6) is 0 Å². The maximum atomic E-state index is 6.21. The Kier molecular flexibility index (Phi) is 3.87. The maximum Gasteiger partial charge on any atom is 0.105 e. The average molecular weight is 247 g/mol. The van der Waals surface area contributed by atoms with Gasteiger partial charge in [0, 0.05) is 24.7 Å². The van der Waals surface area contributed by atoms with Crippen LogP contribution in [0.15, 0.2) is 35.3 Å². The van der Waals surface area contributed by atoms with Gasteiger partial charge in [0.1, 0.15) is 5.76 Å². The summed E-state index contributed by atoms with van der Waals surface area (Å²) in [5.41, 5.74) is 7.30. The maximum absolute atomic E-state index is 6.21. The van der Waals surface area contributed by atoms with E-state index in [9.17, 15) is 0 Å². The molecule has 0 aromatic carbocycles. The molecular weight excluding hydrogens is 226 g/mol. The molecule has 0 saturated heterocycles. The molecule has 2 aromatic rings. The molecule has 0 aliphatic heterocycles. The molecule has 0 amide bonds. The third-order valence-electron chi connectivity index (χ3n) is 3.31. The van der Waals surface area contributed by atoms with E-state index in [1.165, 1.54) is 0 Å². The highest BCUT2D eigenvalue weighted by atomic mass is 16.3. The van der Waals surface area contributed by atoms with Crippen molar-refractivity contribution in [2.75, 3.05) is 0 Å². The van der Waals surface area contributed by atoms with Crippen LogP contribution in [0.3, 0.4) is 0 Å². The molecule has 2 heterocycles. The summed E-state index contributed by atoms with van der Waals surface area (Å²) >= 11 is 0. The Labute approximate surface area is 108 Å². The molecule has 0 bridgehead atoms. The van der Waals surface area contributed by atoms with E-state index in [0.29, 0.717) is 12.0 Å². The van der Waals surface area contributed by atoms with E-state index < -0.39 is 0 Å². The van der Waals surface area contributed by atoms with Crippen LogP contribution < -0.4 is 5.73 Å². The Morgan fingerprint density at radius 1 is 1.39 bits per heavy atom. The van der Waals surface area contributed by atoms with Crippen LogP contribution in [0.4, 0.5) is 0 Å². The van der Waals surface area contributed by atoms with E-state index in [4.69, 9.17) is 10.2 Å². The van der Waals surface area contributed by atoms with Crippen molar-refractivity contribution < 1.29 is 4.42 Å². The number of rotatable bonds is 5. The second-order valence-corrected chi connectivity index (χ2v) is 5.13. The lowest BCUT2D eigenvalue weighted by atomic mass is 10.0. The highest BCUT2D eigenvalue weighted by Gasteiger charge is 2.18. The van der Waals surface area contributed by atoms with Crippen molar-refractivity contribution in [3.8, 4) is 0 Å². The number of nitrogens with zero attached hydrogens (tertiary/aromatic N) is 2. The number of nitrogens with two attached hydrogens (primary N) is 1. The molecule has 2 rings (SSSR count). The Morgan fingerprint density at radius 3 is 2.78 bits per heavy atom. The highest BCUT2D eigenvalue weighted by molar-refractivity contribution is 5.08. The molecular formula is C14H21N3O. The summed E-state index contributed by atoms with van der Waals surface area (Å²) in [7, 11) is 0.